The molecule has 0 saturated heterocycles. The number of benzene rings is 2. The highest BCUT2D eigenvalue weighted by atomic mass is 16.5. The minimum atomic E-state index is -0.499. The lowest BCUT2D eigenvalue weighted by Gasteiger charge is -2.18. The number of rotatable bonds is 5. The largest absolute Gasteiger partial charge is 0.484 e. The van der Waals surface area contributed by atoms with E-state index in [-0.39, 0.29) is 12.5 Å². The number of nitrogens with two attached hydrogens (primary N) is 1. The Balaban J connectivity index is 1.44. The van der Waals surface area contributed by atoms with E-state index in [2.05, 4.69) is 0 Å². The predicted molar refractivity (Wildman–Crippen MR) is 107 cm³/mol. The van der Waals surface area contributed by atoms with Crippen molar-refractivity contribution in [2.45, 2.75) is 25.7 Å². The zero-order chi connectivity index (χ0) is 19.7. The molecule has 1 aliphatic rings. The lowest BCUT2D eigenvalue weighted by Crippen LogP contribution is -2.31. The molecule has 6 nitrogen and oxygen atoms in total. The summed E-state index contributed by atoms with van der Waals surface area (Å²) in [4.78, 5) is 25.1. The van der Waals surface area contributed by atoms with E-state index >= 15 is 0 Å². The molecule has 144 valence electrons. The lowest BCUT2D eigenvalue weighted by molar-refractivity contribution is -0.120. The van der Waals surface area contributed by atoms with Gasteiger partial charge in [0.1, 0.15) is 17.1 Å². The minimum absolute atomic E-state index is 0.0837. The van der Waals surface area contributed by atoms with Gasteiger partial charge in [0, 0.05) is 35.7 Å². The van der Waals surface area contributed by atoms with E-state index in [1.165, 1.54) is 16.9 Å². The molecule has 1 aliphatic carbocycles. The summed E-state index contributed by atoms with van der Waals surface area (Å²) < 4.78 is 11.7. The Morgan fingerprint density at radius 3 is 2.61 bits per heavy atom. The number of carbonyl (C=O) groups is 2. The summed E-state index contributed by atoms with van der Waals surface area (Å²) in [5.74, 6) is 1.03. The Hall–Kier alpha value is -3.28. The summed E-state index contributed by atoms with van der Waals surface area (Å²) in [6, 6.07) is 12.2. The number of anilines is 1. The monoisotopic (exact) mass is 378 g/mol. The number of nitrogens with zero attached hydrogens (tertiary/aromatic N) is 1. The molecule has 0 atom stereocenters. The molecule has 1 heterocycles. The average Bonchev–Trinajstić information content (AvgIpc) is 3.09. The van der Waals surface area contributed by atoms with Gasteiger partial charge in [-0.2, -0.15) is 0 Å². The fourth-order valence-electron chi connectivity index (χ4n) is 3.57. The van der Waals surface area contributed by atoms with Crippen LogP contribution < -0.4 is 15.4 Å². The minimum Gasteiger partial charge on any atom is -0.484 e. The number of hydrogen-bond acceptors (Lipinski definition) is 4. The number of amides is 2. The van der Waals surface area contributed by atoms with Crippen LogP contribution >= 0.6 is 0 Å². The van der Waals surface area contributed by atoms with E-state index in [1.807, 2.05) is 18.2 Å². The lowest BCUT2D eigenvalue weighted by atomic mass is 9.96. The smallest absolute Gasteiger partial charge is 0.264 e. The molecule has 28 heavy (non-hydrogen) atoms. The highest BCUT2D eigenvalue weighted by Crippen LogP contribution is 2.34. The standard InChI is InChI=1S/C22H22N2O4/c1-24(15-8-6-14(7-9-15)22(23)26)21(25)13-27-16-10-11-20-18(12-16)17-4-2-3-5-19(17)28-20/h6-12H,2-5,13H2,1H3,(H2,23,26). The predicted octanol–water partition coefficient (Wildman–Crippen LogP) is 3.45. The van der Waals surface area contributed by atoms with Crippen LogP contribution in [0.15, 0.2) is 46.9 Å². The van der Waals surface area contributed by atoms with Crippen molar-refractivity contribution in [2.75, 3.05) is 18.6 Å². The molecule has 0 aliphatic heterocycles. The molecule has 2 N–H and O–H groups in total. The summed E-state index contributed by atoms with van der Waals surface area (Å²) in [7, 11) is 1.67. The summed E-state index contributed by atoms with van der Waals surface area (Å²) in [5, 5.41) is 1.08. The highest BCUT2D eigenvalue weighted by Gasteiger charge is 2.18. The molecule has 0 spiro atoms. The van der Waals surface area contributed by atoms with Gasteiger partial charge in [-0.1, -0.05) is 0 Å². The first-order chi connectivity index (χ1) is 13.5. The molecule has 2 amide bonds. The third-order valence-electron chi connectivity index (χ3n) is 5.20. The molecule has 0 radical (unpaired) electrons. The van der Waals surface area contributed by atoms with E-state index in [4.69, 9.17) is 14.9 Å². The van der Waals surface area contributed by atoms with Crippen LogP contribution in [0.4, 0.5) is 5.69 Å². The van der Waals surface area contributed by atoms with Crippen molar-refractivity contribution < 1.29 is 18.7 Å². The van der Waals surface area contributed by atoms with Crippen LogP contribution in [0.25, 0.3) is 11.0 Å². The van der Waals surface area contributed by atoms with Crippen LogP contribution in [0.3, 0.4) is 0 Å². The van der Waals surface area contributed by atoms with Gasteiger partial charge in [0.2, 0.25) is 5.91 Å². The second-order valence-corrected chi connectivity index (χ2v) is 7.02. The van der Waals surface area contributed by atoms with Crippen molar-refractivity contribution in [1.29, 1.82) is 0 Å². The van der Waals surface area contributed by atoms with Crippen molar-refractivity contribution >= 4 is 28.5 Å². The van der Waals surface area contributed by atoms with Gasteiger partial charge in [-0.3, -0.25) is 9.59 Å². The second-order valence-electron chi connectivity index (χ2n) is 7.02. The fourth-order valence-corrected chi connectivity index (χ4v) is 3.57. The van der Waals surface area contributed by atoms with Crippen LogP contribution in [0.1, 0.15) is 34.5 Å². The zero-order valence-electron chi connectivity index (χ0n) is 15.7. The molecule has 0 bridgehead atoms. The Kier molecular flexibility index (Phi) is 4.77. The molecule has 0 fully saturated rings. The zero-order valence-corrected chi connectivity index (χ0v) is 15.7. The summed E-state index contributed by atoms with van der Waals surface area (Å²) in [6.07, 6.45) is 4.34. The number of hydrogen-bond donors (Lipinski definition) is 1. The van der Waals surface area contributed by atoms with Gasteiger partial charge in [0.05, 0.1) is 0 Å². The van der Waals surface area contributed by atoms with Crippen LogP contribution in [0.2, 0.25) is 0 Å². The Labute approximate surface area is 162 Å². The van der Waals surface area contributed by atoms with E-state index in [0.717, 1.165) is 36.0 Å². The Morgan fingerprint density at radius 2 is 1.86 bits per heavy atom. The quantitative estimate of drug-likeness (QED) is 0.737. The molecule has 6 heteroatoms. The van der Waals surface area contributed by atoms with Crippen LogP contribution in [0.5, 0.6) is 5.75 Å². The number of likely N-dealkylation sites (N-methyl/N-ethyl adjacent to an activating group) is 1. The SMILES string of the molecule is CN(C(=O)COc1ccc2oc3c(c2c1)CCCC3)c1ccc(C(N)=O)cc1. The number of ether oxygens (including phenoxy) is 1. The summed E-state index contributed by atoms with van der Waals surface area (Å²) >= 11 is 0. The molecular weight excluding hydrogens is 356 g/mol. The topological polar surface area (TPSA) is 85.8 Å². The molecule has 4 rings (SSSR count). The highest BCUT2D eigenvalue weighted by molar-refractivity contribution is 5.96. The number of furan rings is 1. The van der Waals surface area contributed by atoms with E-state index in [1.54, 1.807) is 31.3 Å². The maximum Gasteiger partial charge on any atom is 0.264 e. The van der Waals surface area contributed by atoms with Gasteiger partial charge in [-0.05, 0) is 61.7 Å². The molecule has 0 unspecified atom stereocenters. The van der Waals surface area contributed by atoms with Crippen LogP contribution in [-0.4, -0.2) is 25.5 Å². The number of fused-ring (bicyclic) bond motifs is 3. The van der Waals surface area contributed by atoms with Gasteiger partial charge in [0.25, 0.3) is 5.91 Å². The Morgan fingerprint density at radius 1 is 1.11 bits per heavy atom. The third-order valence-corrected chi connectivity index (χ3v) is 5.20. The van der Waals surface area contributed by atoms with Gasteiger partial charge >= 0.3 is 0 Å². The molecule has 1 aromatic heterocycles. The summed E-state index contributed by atoms with van der Waals surface area (Å²) in [5.41, 5.74) is 8.45. The van der Waals surface area contributed by atoms with Gasteiger partial charge < -0.3 is 19.8 Å². The van der Waals surface area contributed by atoms with Crippen LogP contribution in [0, 0.1) is 0 Å². The van der Waals surface area contributed by atoms with E-state index < -0.39 is 5.91 Å². The summed E-state index contributed by atoms with van der Waals surface area (Å²) in [6.45, 7) is -0.0837. The average molecular weight is 378 g/mol. The normalized spacial score (nSPS) is 13.2. The van der Waals surface area contributed by atoms with Crippen molar-refractivity contribution in [1.82, 2.24) is 0 Å². The first kappa shape index (κ1) is 18.1. The fraction of sp³-hybridized carbons (Fsp3) is 0.273. The van der Waals surface area contributed by atoms with Crippen molar-refractivity contribution in [3.63, 3.8) is 0 Å². The first-order valence-electron chi connectivity index (χ1n) is 9.36. The van der Waals surface area contributed by atoms with Crippen molar-refractivity contribution in [3.05, 3.63) is 59.4 Å². The second kappa shape index (κ2) is 7.38. The Bertz CT molecular complexity index is 1040. The maximum atomic E-state index is 12.5. The molecular formula is C22H22N2O4. The van der Waals surface area contributed by atoms with Crippen molar-refractivity contribution in [2.24, 2.45) is 5.73 Å². The van der Waals surface area contributed by atoms with Crippen molar-refractivity contribution in [3.8, 4) is 5.75 Å². The number of carbonyl (C=O) groups excluding carboxylic acids is 2. The maximum absolute atomic E-state index is 12.5. The van der Waals surface area contributed by atoms with Gasteiger partial charge in [-0.25, -0.2) is 0 Å². The molecule has 3 aromatic rings. The van der Waals surface area contributed by atoms with E-state index in [9.17, 15) is 9.59 Å². The molecule has 0 saturated carbocycles. The number of aryl methyl sites for hydroxylation is 2. The van der Waals surface area contributed by atoms with E-state index in [0.29, 0.717) is 17.0 Å². The van der Waals surface area contributed by atoms with Crippen LogP contribution in [-0.2, 0) is 17.6 Å². The number of primary amides is 1. The molecule has 2 aromatic carbocycles. The van der Waals surface area contributed by atoms with Gasteiger partial charge in [-0.15, -0.1) is 0 Å². The first-order valence-corrected chi connectivity index (χ1v) is 9.36. The third kappa shape index (κ3) is 3.45. The van der Waals surface area contributed by atoms with Gasteiger partial charge in [0.15, 0.2) is 6.61 Å².